The molecule has 3 heterocycles. The van der Waals surface area contributed by atoms with Crippen molar-refractivity contribution in [2.24, 2.45) is 30.5 Å². The molecule has 0 aliphatic heterocycles. The summed E-state index contributed by atoms with van der Waals surface area (Å²) in [6.07, 6.45) is 8.82. The fraction of sp³-hybridized carbons (Fsp3) is 0.423. The van der Waals surface area contributed by atoms with Crippen LogP contribution in [0.1, 0.15) is 63.7 Å². The molecule has 0 bridgehead atoms. The number of thiophene rings is 1. The van der Waals surface area contributed by atoms with Gasteiger partial charge in [-0.2, -0.15) is 5.10 Å². The van der Waals surface area contributed by atoms with Gasteiger partial charge in [-0.1, -0.05) is 11.6 Å². The molecule has 3 aromatic heterocycles. The van der Waals surface area contributed by atoms with Gasteiger partial charge in [-0.3, -0.25) is 19.1 Å². The van der Waals surface area contributed by atoms with Crippen molar-refractivity contribution < 1.29 is 14.4 Å². The molecule has 0 spiro atoms. The molecule has 4 atom stereocenters. The van der Waals surface area contributed by atoms with Gasteiger partial charge in [0, 0.05) is 24.3 Å². The van der Waals surface area contributed by atoms with Crippen LogP contribution in [0.2, 0.25) is 5.02 Å². The van der Waals surface area contributed by atoms with E-state index in [-0.39, 0.29) is 23.6 Å². The van der Waals surface area contributed by atoms with Crippen molar-refractivity contribution in [3.8, 4) is 0 Å². The van der Waals surface area contributed by atoms with E-state index in [0.717, 1.165) is 29.6 Å². The van der Waals surface area contributed by atoms with Gasteiger partial charge in [0.15, 0.2) is 5.69 Å². The fourth-order valence-corrected chi connectivity index (χ4v) is 6.37. The molecule has 5 rings (SSSR count). The molecule has 12 heteroatoms. The van der Waals surface area contributed by atoms with Gasteiger partial charge in [-0.25, -0.2) is 4.98 Å². The van der Waals surface area contributed by atoms with Gasteiger partial charge in [-0.05, 0) is 68.6 Å². The van der Waals surface area contributed by atoms with Crippen LogP contribution in [0, 0.1) is 17.8 Å². The fourth-order valence-electron chi connectivity index (χ4n) is 5.30. The van der Waals surface area contributed by atoms with Crippen LogP contribution in [0.4, 0.5) is 11.4 Å². The molecule has 38 heavy (non-hydrogen) atoms. The lowest BCUT2D eigenvalue weighted by molar-refractivity contribution is -0.118. The molecule has 2 fully saturated rings. The summed E-state index contributed by atoms with van der Waals surface area (Å²) in [6.45, 7) is 1.90. The summed E-state index contributed by atoms with van der Waals surface area (Å²) in [5, 5.41) is 13.5. The van der Waals surface area contributed by atoms with Crippen LogP contribution in [0.5, 0.6) is 0 Å². The maximum atomic E-state index is 13.2. The molecule has 4 unspecified atom stereocenters. The third-order valence-corrected chi connectivity index (χ3v) is 8.71. The van der Waals surface area contributed by atoms with Crippen molar-refractivity contribution in [2.45, 2.75) is 44.7 Å². The molecule has 5 N–H and O–H groups in total. The number of fused-ring (bicyclic) bond motifs is 1. The van der Waals surface area contributed by atoms with E-state index in [4.69, 9.17) is 17.3 Å². The lowest BCUT2D eigenvalue weighted by Crippen LogP contribution is -2.44. The number of rotatable bonds is 10. The Morgan fingerprint density at radius 3 is 2.66 bits per heavy atom. The highest BCUT2D eigenvalue weighted by Crippen LogP contribution is 2.55. The molecule has 0 saturated heterocycles. The normalized spacial score (nSPS) is 21.3. The number of nitrogens with one attached hydrogen (secondary N) is 3. The maximum Gasteiger partial charge on any atom is 0.269 e. The monoisotopic (exact) mass is 555 g/mol. The Balaban J connectivity index is 1.26. The average molecular weight is 556 g/mol. The number of carbonyl (C=O) groups is 3. The Hall–Kier alpha value is -3.44. The largest absolute Gasteiger partial charge is 0.376 e. The third-order valence-electron chi connectivity index (χ3n) is 7.24. The van der Waals surface area contributed by atoms with Crippen LogP contribution in [0.3, 0.4) is 0 Å². The number of anilines is 2. The molecule has 200 valence electrons. The van der Waals surface area contributed by atoms with Crippen LogP contribution >= 0.6 is 22.9 Å². The number of aromatic nitrogens is 3. The number of pyridine rings is 1. The average Bonchev–Trinajstić information content (AvgIpc) is 3.25. The molecule has 3 aromatic rings. The number of hydrogen-bond donors (Lipinski definition) is 4. The number of aryl methyl sites for hydroxylation is 1. The van der Waals surface area contributed by atoms with Gasteiger partial charge in [0.25, 0.3) is 11.8 Å². The first-order chi connectivity index (χ1) is 18.2. The quantitative estimate of drug-likeness (QED) is 0.298. The predicted octanol–water partition coefficient (Wildman–Crippen LogP) is 3.98. The predicted molar refractivity (Wildman–Crippen MR) is 146 cm³/mol. The number of nitrogens with zero attached hydrogens (tertiary/aromatic N) is 3. The van der Waals surface area contributed by atoms with Crippen LogP contribution in [-0.2, 0) is 11.8 Å². The van der Waals surface area contributed by atoms with Crippen molar-refractivity contribution in [2.75, 3.05) is 10.6 Å². The summed E-state index contributed by atoms with van der Waals surface area (Å²) in [5.41, 5.74) is 6.53. The maximum absolute atomic E-state index is 13.2. The lowest BCUT2D eigenvalue weighted by atomic mass is 9.94. The van der Waals surface area contributed by atoms with Crippen molar-refractivity contribution in [1.29, 1.82) is 0 Å². The first-order valence-electron chi connectivity index (χ1n) is 12.6. The number of carbonyl (C=O) groups excluding carboxylic acids is 3. The zero-order valence-corrected chi connectivity index (χ0v) is 22.7. The number of nitrogens with two attached hydrogens (primary N) is 1. The third kappa shape index (κ3) is 5.99. The highest BCUT2D eigenvalue weighted by molar-refractivity contribution is 7.14. The molecular formula is C26H30ClN7O3S. The minimum Gasteiger partial charge on any atom is -0.376 e. The smallest absolute Gasteiger partial charge is 0.269 e. The molecule has 2 aliphatic carbocycles. The Labute approximate surface area is 229 Å². The molecule has 3 amide bonds. The topological polar surface area (TPSA) is 144 Å². The van der Waals surface area contributed by atoms with Crippen molar-refractivity contribution in [3.05, 3.63) is 57.3 Å². The van der Waals surface area contributed by atoms with E-state index >= 15 is 0 Å². The van der Waals surface area contributed by atoms with Gasteiger partial charge in [0.2, 0.25) is 5.91 Å². The van der Waals surface area contributed by atoms with E-state index in [9.17, 15) is 14.4 Å². The van der Waals surface area contributed by atoms with Gasteiger partial charge < -0.3 is 21.7 Å². The first kappa shape index (κ1) is 26.2. The van der Waals surface area contributed by atoms with E-state index in [1.807, 2.05) is 13.0 Å². The highest BCUT2D eigenvalue weighted by atomic mass is 35.5. The standard InChI is InChI=1S/C26H30ClN7O3S/c1-13(31-19-9-17(27)10-29-23(19)24(28)35)21-3-4-22(38-21)26(37)33-20(7-14-5-15-8-16(15)6-14)25(36)32-18-11-30-34(2)12-18/h3-4,9-16,20,31H,5-8H2,1-2H3,(H2,28,35)(H,32,36)(H,33,37). The number of amides is 3. The Kier molecular flexibility index (Phi) is 7.40. The summed E-state index contributed by atoms with van der Waals surface area (Å²) in [4.78, 5) is 43.5. The number of hydrogen-bond acceptors (Lipinski definition) is 7. The van der Waals surface area contributed by atoms with E-state index in [2.05, 4.69) is 26.0 Å². The van der Waals surface area contributed by atoms with E-state index in [0.29, 0.717) is 33.6 Å². The van der Waals surface area contributed by atoms with Crippen molar-refractivity contribution >= 4 is 52.0 Å². The Morgan fingerprint density at radius 2 is 1.97 bits per heavy atom. The SMILES string of the molecule is CC(Nc1cc(Cl)cnc1C(N)=O)c1ccc(C(=O)NC(CC2CC3CC3C2)C(=O)Nc2cnn(C)c2)s1. The minimum atomic E-state index is -0.669. The molecule has 10 nitrogen and oxygen atoms in total. The van der Waals surface area contributed by atoms with E-state index in [1.165, 1.54) is 24.0 Å². The van der Waals surface area contributed by atoms with Gasteiger partial charge in [0.1, 0.15) is 6.04 Å². The summed E-state index contributed by atoms with van der Waals surface area (Å²) < 4.78 is 1.61. The number of halogens is 1. The van der Waals surface area contributed by atoms with Crippen LogP contribution in [0.15, 0.2) is 36.8 Å². The summed E-state index contributed by atoms with van der Waals surface area (Å²) in [7, 11) is 1.78. The first-order valence-corrected chi connectivity index (χ1v) is 13.8. The summed E-state index contributed by atoms with van der Waals surface area (Å²) >= 11 is 7.36. The van der Waals surface area contributed by atoms with E-state index < -0.39 is 11.9 Å². The van der Waals surface area contributed by atoms with Gasteiger partial charge in [0.05, 0.1) is 33.5 Å². The molecular weight excluding hydrogens is 526 g/mol. The minimum absolute atomic E-state index is 0.0859. The molecule has 2 saturated carbocycles. The Bertz CT molecular complexity index is 1360. The van der Waals surface area contributed by atoms with Crippen molar-refractivity contribution in [3.63, 3.8) is 0 Å². The summed E-state index contributed by atoms with van der Waals surface area (Å²) in [6, 6.07) is 4.26. The van der Waals surface area contributed by atoms with Gasteiger partial charge >= 0.3 is 0 Å². The van der Waals surface area contributed by atoms with Crippen molar-refractivity contribution in [1.82, 2.24) is 20.1 Å². The number of primary amides is 1. The molecule has 0 radical (unpaired) electrons. The highest BCUT2D eigenvalue weighted by Gasteiger charge is 2.46. The lowest BCUT2D eigenvalue weighted by Gasteiger charge is -2.22. The van der Waals surface area contributed by atoms with Crippen LogP contribution in [0.25, 0.3) is 0 Å². The second-order valence-electron chi connectivity index (χ2n) is 10.2. The van der Waals surface area contributed by atoms with Crippen LogP contribution in [-0.4, -0.2) is 38.5 Å². The molecule has 0 aromatic carbocycles. The zero-order chi connectivity index (χ0) is 27.0. The second-order valence-corrected chi connectivity index (χ2v) is 11.8. The summed E-state index contributed by atoms with van der Waals surface area (Å²) in [5.74, 6) is 0.791. The van der Waals surface area contributed by atoms with E-state index in [1.54, 1.807) is 36.3 Å². The zero-order valence-electron chi connectivity index (χ0n) is 21.1. The Morgan fingerprint density at radius 1 is 1.21 bits per heavy atom. The molecule has 2 aliphatic rings. The second kappa shape index (κ2) is 10.7. The van der Waals surface area contributed by atoms with Crippen LogP contribution < -0.4 is 21.7 Å². The van der Waals surface area contributed by atoms with Gasteiger partial charge in [-0.15, -0.1) is 11.3 Å².